The molecule has 1 aromatic heterocycles. The highest BCUT2D eigenvalue weighted by Crippen LogP contribution is 2.37. The number of ether oxygens (including phenoxy) is 2. The van der Waals surface area contributed by atoms with Crippen LogP contribution in [0.1, 0.15) is 34.6 Å². The second kappa shape index (κ2) is 6.22. The van der Waals surface area contributed by atoms with Gasteiger partial charge in [0.05, 0.1) is 17.8 Å². The summed E-state index contributed by atoms with van der Waals surface area (Å²) in [5.74, 6) is -1.01. The van der Waals surface area contributed by atoms with Crippen LogP contribution in [-0.2, 0) is 15.9 Å². The average Bonchev–Trinajstić information content (AvgIpc) is 2.54. The molecular formula is C18H19NO5. The summed E-state index contributed by atoms with van der Waals surface area (Å²) in [5.41, 5.74) is 0.993. The zero-order chi connectivity index (χ0) is 17.3. The molecular weight excluding hydrogens is 310 g/mol. The first-order valence-electron chi connectivity index (χ1n) is 7.63. The number of benzene rings is 1. The number of carboxylic acids is 1. The van der Waals surface area contributed by atoms with E-state index in [9.17, 15) is 14.7 Å². The molecule has 1 aromatic carbocycles. The number of methoxy groups -OCH3 is 1. The number of hydrogen-bond acceptors (Lipinski definition) is 4. The molecule has 1 N–H and O–H groups in total. The van der Waals surface area contributed by atoms with Crippen LogP contribution in [0, 0.1) is 0 Å². The summed E-state index contributed by atoms with van der Waals surface area (Å²) in [6, 6.07) is 9.79. The van der Waals surface area contributed by atoms with Crippen LogP contribution in [0.2, 0.25) is 0 Å². The summed E-state index contributed by atoms with van der Waals surface area (Å²) >= 11 is 0. The van der Waals surface area contributed by atoms with E-state index in [0.29, 0.717) is 18.6 Å². The van der Waals surface area contributed by atoms with Crippen molar-refractivity contribution in [3.8, 4) is 0 Å². The molecule has 0 fully saturated rings. The fourth-order valence-corrected chi connectivity index (χ4v) is 3.13. The van der Waals surface area contributed by atoms with E-state index < -0.39 is 17.8 Å². The molecule has 2 aromatic rings. The monoisotopic (exact) mass is 329 g/mol. The van der Waals surface area contributed by atoms with Gasteiger partial charge in [-0.15, -0.1) is 0 Å². The van der Waals surface area contributed by atoms with Gasteiger partial charge in [-0.2, -0.15) is 0 Å². The van der Waals surface area contributed by atoms with E-state index in [1.54, 1.807) is 43.6 Å². The Morgan fingerprint density at radius 3 is 2.88 bits per heavy atom. The van der Waals surface area contributed by atoms with Gasteiger partial charge in [-0.05, 0) is 30.7 Å². The molecule has 0 spiro atoms. The molecule has 0 saturated carbocycles. The van der Waals surface area contributed by atoms with Crippen LogP contribution < -0.4 is 5.56 Å². The van der Waals surface area contributed by atoms with Gasteiger partial charge in [0.15, 0.2) is 6.23 Å². The first-order chi connectivity index (χ1) is 11.4. The number of aromatic carboxylic acids is 1. The van der Waals surface area contributed by atoms with Crippen molar-refractivity contribution in [3.05, 3.63) is 69.6 Å². The maximum Gasteiger partial charge on any atom is 0.335 e. The van der Waals surface area contributed by atoms with Crippen molar-refractivity contribution < 1.29 is 19.4 Å². The number of pyridine rings is 1. The van der Waals surface area contributed by atoms with Gasteiger partial charge < -0.3 is 14.6 Å². The summed E-state index contributed by atoms with van der Waals surface area (Å²) in [4.78, 5) is 23.5. The number of fused-ring (bicyclic) bond motifs is 1. The zero-order valence-corrected chi connectivity index (χ0v) is 13.6. The molecule has 2 atom stereocenters. The second-order valence-electron chi connectivity index (χ2n) is 6.19. The normalized spacial score (nSPS) is 22.8. The maximum absolute atomic E-state index is 12.3. The van der Waals surface area contributed by atoms with Crippen molar-refractivity contribution in [2.24, 2.45) is 0 Å². The van der Waals surface area contributed by atoms with Gasteiger partial charge in [-0.1, -0.05) is 12.1 Å². The molecule has 3 rings (SSSR count). The molecule has 0 radical (unpaired) electrons. The van der Waals surface area contributed by atoms with Crippen molar-refractivity contribution in [2.75, 3.05) is 13.7 Å². The van der Waals surface area contributed by atoms with E-state index in [1.165, 1.54) is 10.6 Å². The lowest BCUT2D eigenvalue weighted by molar-refractivity contribution is -0.138. The Hall–Kier alpha value is -2.44. The Balaban J connectivity index is 2.16. The van der Waals surface area contributed by atoms with E-state index in [1.807, 2.05) is 6.92 Å². The fourth-order valence-electron chi connectivity index (χ4n) is 3.13. The lowest BCUT2D eigenvalue weighted by Crippen LogP contribution is -2.45. The quantitative estimate of drug-likeness (QED) is 0.929. The van der Waals surface area contributed by atoms with Crippen molar-refractivity contribution in [1.29, 1.82) is 0 Å². The molecule has 2 heterocycles. The molecule has 6 nitrogen and oxygen atoms in total. The van der Waals surface area contributed by atoms with Crippen LogP contribution in [0.4, 0.5) is 0 Å². The molecule has 1 aliphatic heterocycles. The van der Waals surface area contributed by atoms with Gasteiger partial charge >= 0.3 is 5.97 Å². The predicted molar refractivity (Wildman–Crippen MR) is 87.3 cm³/mol. The fraction of sp³-hybridized carbons (Fsp3) is 0.333. The third kappa shape index (κ3) is 2.98. The van der Waals surface area contributed by atoms with E-state index in [-0.39, 0.29) is 11.1 Å². The minimum absolute atomic E-state index is 0.168. The first kappa shape index (κ1) is 16.4. The third-order valence-corrected chi connectivity index (χ3v) is 4.17. The van der Waals surface area contributed by atoms with E-state index in [4.69, 9.17) is 9.47 Å². The Morgan fingerprint density at radius 2 is 2.21 bits per heavy atom. The van der Waals surface area contributed by atoms with Crippen molar-refractivity contribution in [1.82, 2.24) is 4.57 Å². The molecule has 126 valence electrons. The molecule has 6 heteroatoms. The molecule has 0 amide bonds. The van der Waals surface area contributed by atoms with Crippen molar-refractivity contribution >= 4 is 5.97 Å². The SMILES string of the molecule is COCC1(C)Cc2ccc(C(=O)O)cc2C(n2ccccc2=O)O1. The molecule has 2 unspecified atom stereocenters. The number of rotatable bonds is 4. The molecule has 24 heavy (non-hydrogen) atoms. The Kier molecular flexibility index (Phi) is 4.26. The highest BCUT2D eigenvalue weighted by Gasteiger charge is 2.38. The van der Waals surface area contributed by atoms with E-state index in [0.717, 1.165) is 5.56 Å². The van der Waals surface area contributed by atoms with Crippen LogP contribution >= 0.6 is 0 Å². The minimum atomic E-state index is -1.01. The highest BCUT2D eigenvalue weighted by atomic mass is 16.6. The first-order valence-corrected chi connectivity index (χ1v) is 7.63. The van der Waals surface area contributed by atoms with Gasteiger partial charge in [0.1, 0.15) is 0 Å². The van der Waals surface area contributed by atoms with E-state index in [2.05, 4.69) is 0 Å². The average molecular weight is 329 g/mol. The third-order valence-electron chi connectivity index (χ3n) is 4.17. The number of carbonyl (C=O) groups is 1. The summed E-state index contributed by atoms with van der Waals surface area (Å²) in [7, 11) is 1.60. The van der Waals surface area contributed by atoms with Gasteiger partial charge in [-0.25, -0.2) is 4.79 Å². The zero-order valence-electron chi connectivity index (χ0n) is 13.6. The molecule has 0 saturated heterocycles. The molecule has 1 aliphatic rings. The van der Waals surface area contributed by atoms with E-state index >= 15 is 0 Å². The Morgan fingerprint density at radius 1 is 1.42 bits per heavy atom. The van der Waals surface area contributed by atoms with Crippen LogP contribution in [0.5, 0.6) is 0 Å². The van der Waals surface area contributed by atoms with Crippen molar-refractivity contribution in [3.63, 3.8) is 0 Å². The van der Waals surface area contributed by atoms with Crippen LogP contribution in [0.3, 0.4) is 0 Å². The predicted octanol–water partition coefficient (Wildman–Crippen LogP) is 2.07. The van der Waals surface area contributed by atoms with Gasteiger partial charge in [0.25, 0.3) is 5.56 Å². The lowest BCUT2D eigenvalue weighted by atomic mass is 9.88. The van der Waals surface area contributed by atoms with Crippen LogP contribution in [-0.4, -0.2) is 35.0 Å². The van der Waals surface area contributed by atoms with Crippen molar-refractivity contribution in [2.45, 2.75) is 25.2 Å². The highest BCUT2D eigenvalue weighted by molar-refractivity contribution is 5.88. The minimum Gasteiger partial charge on any atom is -0.478 e. The van der Waals surface area contributed by atoms with Gasteiger partial charge in [-0.3, -0.25) is 9.36 Å². The number of nitrogens with zero attached hydrogens (tertiary/aromatic N) is 1. The Labute approximate surface area is 139 Å². The lowest BCUT2D eigenvalue weighted by Gasteiger charge is -2.40. The summed E-state index contributed by atoms with van der Waals surface area (Å²) < 4.78 is 12.9. The van der Waals surface area contributed by atoms with Crippen LogP contribution in [0.25, 0.3) is 0 Å². The number of hydrogen-bond donors (Lipinski definition) is 1. The molecule has 0 aliphatic carbocycles. The summed E-state index contributed by atoms with van der Waals surface area (Å²) in [5, 5.41) is 9.26. The Bertz CT molecular complexity index is 828. The maximum atomic E-state index is 12.3. The summed E-state index contributed by atoms with van der Waals surface area (Å²) in [6.45, 7) is 2.29. The van der Waals surface area contributed by atoms with Gasteiger partial charge in [0.2, 0.25) is 0 Å². The second-order valence-corrected chi connectivity index (χ2v) is 6.19. The number of aromatic nitrogens is 1. The van der Waals surface area contributed by atoms with Gasteiger partial charge in [0, 0.05) is 31.4 Å². The standard InChI is InChI=1S/C18H19NO5/c1-18(11-23-2)10-13-7-6-12(17(21)22)9-14(13)16(24-18)19-8-4-3-5-15(19)20/h3-9,16H,10-11H2,1-2H3,(H,21,22). The number of carboxylic acid groups (broad SMARTS) is 1. The smallest absolute Gasteiger partial charge is 0.335 e. The largest absolute Gasteiger partial charge is 0.478 e. The van der Waals surface area contributed by atoms with Crippen LogP contribution in [0.15, 0.2) is 47.4 Å². The topological polar surface area (TPSA) is 77.8 Å². The molecule has 0 bridgehead atoms. The summed E-state index contributed by atoms with van der Waals surface area (Å²) in [6.07, 6.45) is 1.53.